The molecule has 0 aliphatic carbocycles. The third-order valence-electron chi connectivity index (χ3n) is 2.82. The van der Waals surface area contributed by atoms with Gasteiger partial charge in [-0.2, -0.15) is 0 Å². The zero-order valence-corrected chi connectivity index (χ0v) is 13.8. The van der Waals surface area contributed by atoms with E-state index in [9.17, 15) is 0 Å². The van der Waals surface area contributed by atoms with Gasteiger partial charge in [0.2, 0.25) is 0 Å². The molecule has 0 fully saturated rings. The van der Waals surface area contributed by atoms with Gasteiger partial charge in [0.25, 0.3) is 0 Å². The molecule has 0 amide bonds. The van der Waals surface area contributed by atoms with Crippen molar-refractivity contribution in [2.75, 3.05) is 20.3 Å². The van der Waals surface area contributed by atoms with Gasteiger partial charge in [-0.25, -0.2) is 0 Å². The van der Waals surface area contributed by atoms with Crippen molar-refractivity contribution in [2.24, 2.45) is 0 Å². The van der Waals surface area contributed by atoms with Gasteiger partial charge >= 0.3 is 0 Å². The molecule has 0 heterocycles. The number of likely N-dealkylation sites (N-methyl/N-ethyl adjacent to an activating group) is 1. The lowest BCUT2D eigenvalue weighted by Gasteiger charge is -2.20. The first-order valence-corrected chi connectivity index (χ1v) is 7.53. The molecule has 1 N–H and O–H groups in total. The summed E-state index contributed by atoms with van der Waals surface area (Å²) in [6.07, 6.45) is 1.21. The highest BCUT2D eigenvalue weighted by molar-refractivity contribution is 9.10. The number of nitrogens with one attached hydrogen (secondary N) is 1. The Balaban J connectivity index is 2.64. The average Bonchev–Trinajstić information content (AvgIpc) is 2.36. The van der Waals surface area contributed by atoms with E-state index in [4.69, 9.17) is 9.47 Å². The van der Waals surface area contributed by atoms with Gasteiger partial charge in [0.05, 0.1) is 24.3 Å². The van der Waals surface area contributed by atoms with E-state index < -0.39 is 0 Å². The lowest BCUT2D eigenvalue weighted by atomic mass is 10.1. The Bertz CT molecular complexity index is 382. The van der Waals surface area contributed by atoms with Crippen LogP contribution in [0.15, 0.2) is 22.7 Å². The average molecular weight is 330 g/mol. The van der Waals surface area contributed by atoms with Crippen LogP contribution >= 0.6 is 15.9 Å². The second-order valence-corrected chi connectivity index (χ2v) is 5.66. The molecule has 0 spiro atoms. The number of hydrogen-bond acceptors (Lipinski definition) is 3. The number of benzene rings is 1. The molecule has 0 aliphatic heterocycles. The van der Waals surface area contributed by atoms with E-state index in [-0.39, 0.29) is 6.10 Å². The fourth-order valence-corrected chi connectivity index (χ4v) is 2.50. The maximum absolute atomic E-state index is 5.70. The molecule has 0 aliphatic rings. The first-order valence-electron chi connectivity index (χ1n) is 6.74. The Morgan fingerprint density at radius 2 is 2.05 bits per heavy atom. The highest BCUT2D eigenvalue weighted by Crippen LogP contribution is 2.26. The maximum Gasteiger partial charge on any atom is 0.133 e. The van der Waals surface area contributed by atoms with Crippen LogP contribution in [-0.4, -0.2) is 32.4 Å². The van der Waals surface area contributed by atoms with E-state index in [1.165, 1.54) is 5.56 Å². The Kier molecular flexibility index (Phi) is 7.42. The van der Waals surface area contributed by atoms with Crippen molar-refractivity contribution in [3.05, 3.63) is 28.2 Å². The molecule has 0 aromatic heterocycles. The van der Waals surface area contributed by atoms with Crippen LogP contribution in [0.25, 0.3) is 0 Å². The van der Waals surface area contributed by atoms with Gasteiger partial charge in [-0.3, -0.25) is 0 Å². The predicted molar refractivity (Wildman–Crippen MR) is 83.0 cm³/mol. The van der Waals surface area contributed by atoms with Crippen LogP contribution in [0, 0.1) is 0 Å². The Morgan fingerprint density at radius 1 is 1.32 bits per heavy atom. The summed E-state index contributed by atoms with van der Waals surface area (Å²) in [5.74, 6) is 0.863. The molecule has 4 heteroatoms. The monoisotopic (exact) mass is 329 g/mol. The molecule has 0 saturated heterocycles. The molecule has 0 radical (unpaired) electrons. The summed E-state index contributed by atoms with van der Waals surface area (Å²) in [6.45, 7) is 7.92. The molecule has 1 rings (SSSR count). The second kappa shape index (κ2) is 8.56. The maximum atomic E-state index is 5.70. The molecule has 1 atom stereocenters. The van der Waals surface area contributed by atoms with Crippen LogP contribution in [0.3, 0.4) is 0 Å². The van der Waals surface area contributed by atoms with E-state index in [0.29, 0.717) is 6.04 Å². The third-order valence-corrected chi connectivity index (χ3v) is 3.44. The van der Waals surface area contributed by atoms with Crippen LogP contribution in [0.1, 0.15) is 26.3 Å². The van der Waals surface area contributed by atoms with E-state index in [1.807, 2.05) is 6.07 Å². The standard InChI is InChI=1S/C15H24BrNO2/c1-5-17-13(10-19-11(2)3)8-12-6-7-15(18-4)14(16)9-12/h6-7,9,11,13,17H,5,8,10H2,1-4H3. The number of halogens is 1. The number of methoxy groups -OCH3 is 1. The van der Waals surface area contributed by atoms with Crippen molar-refractivity contribution in [3.63, 3.8) is 0 Å². The third kappa shape index (κ3) is 5.93. The van der Waals surface area contributed by atoms with E-state index >= 15 is 0 Å². The first kappa shape index (κ1) is 16.5. The van der Waals surface area contributed by atoms with E-state index in [1.54, 1.807) is 7.11 Å². The minimum absolute atomic E-state index is 0.267. The SMILES string of the molecule is CCNC(COC(C)C)Cc1ccc(OC)c(Br)c1. The van der Waals surface area contributed by atoms with Crippen molar-refractivity contribution < 1.29 is 9.47 Å². The molecule has 1 aromatic rings. The van der Waals surface area contributed by atoms with Crippen molar-refractivity contribution >= 4 is 15.9 Å². The first-order chi connectivity index (χ1) is 9.06. The smallest absolute Gasteiger partial charge is 0.133 e. The molecular weight excluding hydrogens is 306 g/mol. The predicted octanol–water partition coefficient (Wildman–Crippen LogP) is 3.40. The molecule has 108 valence electrons. The van der Waals surface area contributed by atoms with Gasteiger partial charge < -0.3 is 14.8 Å². The van der Waals surface area contributed by atoms with Crippen LogP contribution in [0.2, 0.25) is 0 Å². The summed E-state index contributed by atoms with van der Waals surface area (Å²) in [7, 11) is 1.68. The Morgan fingerprint density at radius 3 is 2.58 bits per heavy atom. The van der Waals surface area contributed by atoms with Gasteiger partial charge in [-0.05, 0) is 60.4 Å². The normalized spacial score (nSPS) is 12.7. The van der Waals surface area contributed by atoms with Crippen LogP contribution in [0.5, 0.6) is 5.75 Å². The summed E-state index contributed by atoms with van der Waals surface area (Å²) in [6, 6.07) is 6.54. The highest BCUT2D eigenvalue weighted by atomic mass is 79.9. The van der Waals surface area contributed by atoms with Crippen molar-refractivity contribution in [1.82, 2.24) is 5.32 Å². The quantitative estimate of drug-likeness (QED) is 0.792. The molecular formula is C15H24BrNO2. The Hall–Kier alpha value is -0.580. The molecule has 1 aromatic carbocycles. The molecule has 19 heavy (non-hydrogen) atoms. The van der Waals surface area contributed by atoms with Gasteiger partial charge in [-0.15, -0.1) is 0 Å². The van der Waals surface area contributed by atoms with Gasteiger partial charge in [0.15, 0.2) is 0 Å². The summed E-state index contributed by atoms with van der Waals surface area (Å²) in [4.78, 5) is 0. The lowest BCUT2D eigenvalue weighted by Crippen LogP contribution is -2.36. The fourth-order valence-electron chi connectivity index (χ4n) is 1.91. The molecule has 3 nitrogen and oxygen atoms in total. The topological polar surface area (TPSA) is 30.5 Å². The van der Waals surface area contributed by atoms with Crippen molar-refractivity contribution in [1.29, 1.82) is 0 Å². The zero-order valence-electron chi connectivity index (χ0n) is 12.2. The van der Waals surface area contributed by atoms with Gasteiger partial charge in [-0.1, -0.05) is 13.0 Å². The number of rotatable bonds is 8. The minimum atomic E-state index is 0.267. The summed E-state index contributed by atoms with van der Waals surface area (Å²) in [5.41, 5.74) is 1.27. The second-order valence-electron chi connectivity index (χ2n) is 4.81. The minimum Gasteiger partial charge on any atom is -0.496 e. The highest BCUT2D eigenvalue weighted by Gasteiger charge is 2.11. The largest absolute Gasteiger partial charge is 0.496 e. The summed E-state index contributed by atoms with van der Waals surface area (Å²) >= 11 is 3.52. The van der Waals surface area contributed by atoms with E-state index in [2.05, 4.69) is 54.2 Å². The number of ether oxygens (including phenoxy) is 2. The van der Waals surface area contributed by atoms with Crippen LogP contribution < -0.4 is 10.1 Å². The lowest BCUT2D eigenvalue weighted by molar-refractivity contribution is 0.0616. The number of hydrogen-bond donors (Lipinski definition) is 1. The van der Waals surface area contributed by atoms with Crippen molar-refractivity contribution in [2.45, 2.75) is 39.3 Å². The molecule has 0 saturated carbocycles. The van der Waals surface area contributed by atoms with Gasteiger partial charge in [0, 0.05) is 6.04 Å². The molecule has 0 bridgehead atoms. The summed E-state index contributed by atoms with van der Waals surface area (Å²) < 4.78 is 11.9. The Labute approximate surface area is 124 Å². The molecule has 1 unspecified atom stereocenters. The zero-order chi connectivity index (χ0) is 14.3. The fraction of sp³-hybridized carbons (Fsp3) is 0.600. The summed E-state index contributed by atoms with van der Waals surface area (Å²) in [5, 5.41) is 3.46. The van der Waals surface area contributed by atoms with Gasteiger partial charge in [0.1, 0.15) is 5.75 Å². The van der Waals surface area contributed by atoms with Crippen LogP contribution in [-0.2, 0) is 11.2 Å². The van der Waals surface area contributed by atoms with Crippen molar-refractivity contribution in [3.8, 4) is 5.75 Å². The van der Waals surface area contributed by atoms with Crippen LogP contribution in [0.4, 0.5) is 0 Å². The van der Waals surface area contributed by atoms with E-state index in [0.717, 1.165) is 29.8 Å².